The molecule has 0 N–H and O–H groups in total. The average Bonchev–Trinajstić information content (AvgIpc) is 2.86. The summed E-state index contributed by atoms with van der Waals surface area (Å²) in [6, 6.07) is 5.54. The van der Waals surface area contributed by atoms with Gasteiger partial charge in [0, 0.05) is 12.1 Å². The Labute approximate surface area is 120 Å². The minimum absolute atomic E-state index is 0.0665. The molecule has 0 radical (unpaired) electrons. The molecule has 0 aliphatic heterocycles. The van der Waals surface area contributed by atoms with Gasteiger partial charge in [0.1, 0.15) is 12.1 Å². The third kappa shape index (κ3) is 3.33. The number of allylic oxidation sites excluding steroid dienone is 1. The summed E-state index contributed by atoms with van der Waals surface area (Å²) in [5, 5.41) is 8.14. The molecule has 2 aromatic rings. The van der Waals surface area contributed by atoms with E-state index in [1.54, 1.807) is 19.3 Å². The van der Waals surface area contributed by atoms with Crippen LogP contribution in [0.5, 0.6) is 0 Å². The van der Waals surface area contributed by atoms with Crippen molar-refractivity contribution in [2.45, 2.75) is 23.9 Å². The standard InChI is InChI=1S/C14H14FN3OS/c1-3-8-18-9-16-17-14(18)20-10(2)13(19)11-4-6-12(15)7-5-11/h3-7,9-10H,1,8H2,2H3. The van der Waals surface area contributed by atoms with Gasteiger partial charge in [-0.2, -0.15) is 0 Å². The van der Waals surface area contributed by atoms with Crippen molar-refractivity contribution >= 4 is 17.5 Å². The number of thioether (sulfide) groups is 1. The normalized spacial score (nSPS) is 12.1. The molecule has 20 heavy (non-hydrogen) atoms. The maximum absolute atomic E-state index is 12.8. The molecule has 0 fully saturated rings. The van der Waals surface area contributed by atoms with Crippen molar-refractivity contribution in [2.75, 3.05) is 0 Å². The van der Waals surface area contributed by atoms with Gasteiger partial charge in [0.15, 0.2) is 10.9 Å². The molecule has 4 nitrogen and oxygen atoms in total. The average molecular weight is 291 g/mol. The topological polar surface area (TPSA) is 47.8 Å². The third-order valence-corrected chi connectivity index (χ3v) is 3.78. The zero-order valence-electron chi connectivity index (χ0n) is 11.0. The highest BCUT2D eigenvalue weighted by Crippen LogP contribution is 2.23. The van der Waals surface area contributed by atoms with Crippen molar-refractivity contribution in [1.29, 1.82) is 0 Å². The van der Waals surface area contributed by atoms with Gasteiger partial charge in [-0.25, -0.2) is 4.39 Å². The maximum Gasteiger partial charge on any atom is 0.191 e. The molecule has 6 heteroatoms. The first-order chi connectivity index (χ1) is 9.61. The van der Waals surface area contributed by atoms with Crippen LogP contribution in [0.25, 0.3) is 0 Å². The first kappa shape index (κ1) is 14.5. The van der Waals surface area contributed by atoms with Gasteiger partial charge in [-0.15, -0.1) is 16.8 Å². The highest BCUT2D eigenvalue weighted by Gasteiger charge is 2.19. The van der Waals surface area contributed by atoms with E-state index in [0.717, 1.165) is 0 Å². The van der Waals surface area contributed by atoms with E-state index in [4.69, 9.17) is 0 Å². The molecule has 2 rings (SSSR count). The number of rotatable bonds is 6. The zero-order valence-corrected chi connectivity index (χ0v) is 11.8. The van der Waals surface area contributed by atoms with Crippen molar-refractivity contribution in [3.63, 3.8) is 0 Å². The summed E-state index contributed by atoms with van der Waals surface area (Å²) in [5.41, 5.74) is 0.487. The molecule has 0 saturated heterocycles. The number of hydrogen-bond acceptors (Lipinski definition) is 4. The van der Waals surface area contributed by atoms with Crippen molar-refractivity contribution < 1.29 is 9.18 Å². The lowest BCUT2D eigenvalue weighted by atomic mass is 10.1. The highest BCUT2D eigenvalue weighted by atomic mass is 32.2. The summed E-state index contributed by atoms with van der Waals surface area (Å²) in [6.45, 7) is 6.04. The minimum Gasteiger partial charge on any atom is -0.305 e. The fourth-order valence-corrected chi connectivity index (χ4v) is 2.57. The second-order valence-electron chi connectivity index (χ2n) is 4.19. The van der Waals surface area contributed by atoms with Crippen molar-refractivity contribution in [1.82, 2.24) is 14.8 Å². The van der Waals surface area contributed by atoms with Gasteiger partial charge >= 0.3 is 0 Å². The predicted octanol–water partition coefficient (Wildman–Crippen LogP) is 2.97. The Morgan fingerprint density at radius 1 is 1.50 bits per heavy atom. The van der Waals surface area contributed by atoms with Crippen LogP contribution in [0.15, 0.2) is 48.4 Å². The Morgan fingerprint density at radius 3 is 2.85 bits per heavy atom. The van der Waals surface area contributed by atoms with Crippen LogP contribution in [0.1, 0.15) is 17.3 Å². The monoisotopic (exact) mass is 291 g/mol. The van der Waals surface area contributed by atoms with E-state index in [0.29, 0.717) is 17.3 Å². The van der Waals surface area contributed by atoms with Crippen LogP contribution < -0.4 is 0 Å². The van der Waals surface area contributed by atoms with E-state index in [1.165, 1.54) is 36.0 Å². The van der Waals surface area contributed by atoms with Crippen molar-refractivity contribution in [3.8, 4) is 0 Å². The van der Waals surface area contributed by atoms with Crippen LogP contribution in [0.4, 0.5) is 4.39 Å². The summed E-state index contributed by atoms with van der Waals surface area (Å²) in [6.07, 6.45) is 3.33. The Kier molecular flexibility index (Phi) is 4.68. The molecule has 0 amide bonds. The van der Waals surface area contributed by atoms with Gasteiger partial charge in [0.05, 0.1) is 5.25 Å². The van der Waals surface area contributed by atoms with Gasteiger partial charge in [0.2, 0.25) is 0 Å². The van der Waals surface area contributed by atoms with Crippen molar-refractivity contribution in [3.05, 3.63) is 54.6 Å². The van der Waals surface area contributed by atoms with Gasteiger partial charge in [-0.1, -0.05) is 17.8 Å². The van der Waals surface area contributed by atoms with Gasteiger partial charge in [-0.05, 0) is 31.2 Å². The molecular weight excluding hydrogens is 277 g/mol. The summed E-state index contributed by atoms with van der Waals surface area (Å²) in [5.74, 6) is -0.421. The Balaban J connectivity index is 2.09. The van der Waals surface area contributed by atoms with Crippen LogP contribution in [-0.4, -0.2) is 25.8 Å². The fraction of sp³-hybridized carbons (Fsp3) is 0.214. The lowest BCUT2D eigenvalue weighted by Crippen LogP contribution is -2.14. The van der Waals surface area contributed by atoms with Crippen LogP contribution in [0, 0.1) is 5.82 Å². The van der Waals surface area contributed by atoms with Crippen LogP contribution >= 0.6 is 11.8 Å². The van der Waals surface area contributed by atoms with Crippen molar-refractivity contribution in [2.24, 2.45) is 0 Å². The SMILES string of the molecule is C=CCn1cnnc1SC(C)C(=O)c1ccc(F)cc1. The van der Waals surface area contributed by atoms with E-state index in [1.807, 2.05) is 4.57 Å². The number of hydrogen-bond donors (Lipinski definition) is 0. The molecule has 0 aliphatic rings. The largest absolute Gasteiger partial charge is 0.305 e. The molecule has 0 bridgehead atoms. The van der Waals surface area contributed by atoms with E-state index in [9.17, 15) is 9.18 Å². The minimum atomic E-state index is -0.354. The molecule has 0 aliphatic carbocycles. The highest BCUT2D eigenvalue weighted by molar-refractivity contribution is 8.00. The second kappa shape index (κ2) is 6.47. The zero-order chi connectivity index (χ0) is 14.5. The first-order valence-corrected chi connectivity index (χ1v) is 6.95. The molecule has 0 saturated carbocycles. The van der Waals surface area contributed by atoms with E-state index in [-0.39, 0.29) is 16.9 Å². The Bertz CT molecular complexity index is 609. The second-order valence-corrected chi connectivity index (χ2v) is 5.49. The molecule has 1 heterocycles. The van der Waals surface area contributed by atoms with Crippen LogP contribution in [-0.2, 0) is 6.54 Å². The molecule has 104 valence electrons. The predicted molar refractivity (Wildman–Crippen MR) is 76.3 cm³/mol. The van der Waals surface area contributed by atoms with Gasteiger partial charge in [-0.3, -0.25) is 4.79 Å². The summed E-state index contributed by atoms with van der Waals surface area (Å²) < 4.78 is 14.7. The molecule has 1 atom stereocenters. The Hall–Kier alpha value is -1.95. The fourth-order valence-electron chi connectivity index (χ4n) is 1.66. The number of carbonyl (C=O) groups is 1. The number of nitrogens with zero attached hydrogens (tertiary/aromatic N) is 3. The number of benzene rings is 1. The lowest BCUT2D eigenvalue weighted by molar-refractivity contribution is 0.0994. The molecule has 1 aromatic carbocycles. The van der Waals surface area contributed by atoms with E-state index < -0.39 is 0 Å². The molecule has 1 unspecified atom stereocenters. The smallest absolute Gasteiger partial charge is 0.191 e. The lowest BCUT2D eigenvalue weighted by Gasteiger charge is -2.10. The Morgan fingerprint density at radius 2 is 2.20 bits per heavy atom. The number of Topliss-reactive ketones (excluding diaryl/α,β-unsaturated/α-hetero) is 1. The number of halogens is 1. The summed E-state index contributed by atoms with van der Waals surface area (Å²) in [4.78, 5) is 12.2. The van der Waals surface area contributed by atoms with Gasteiger partial charge in [0.25, 0.3) is 0 Å². The van der Waals surface area contributed by atoms with E-state index >= 15 is 0 Å². The van der Waals surface area contributed by atoms with Gasteiger partial charge < -0.3 is 4.57 Å². The van der Waals surface area contributed by atoms with Crippen LogP contribution in [0.2, 0.25) is 0 Å². The molecular formula is C14H14FN3OS. The summed E-state index contributed by atoms with van der Waals surface area (Å²) in [7, 11) is 0. The number of aromatic nitrogens is 3. The third-order valence-electron chi connectivity index (χ3n) is 2.69. The maximum atomic E-state index is 12.8. The number of ketones is 1. The number of carbonyl (C=O) groups excluding carboxylic acids is 1. The summed E-state index contributed by atoms with van der Waals surface area (Å²) >= 11 is 1.32. The van der Waals surface area contributed by atoms with Crippen LogP contribution in [0.3, 0.4) is 0 Å². The molecule has 0 spiro atoms. The first-order valence-electron chi connectivity index (χ1n) is 6.07. The molecule has 1 aromatic heterocycles. The quantitative estimate of drug-likeness (QED) is 0.466. The van der Waals surface area contributed by atoms with E-state index in [2.05, 4.69) is 16.8 Å².